The Hall–Kier alpha value is -1.23. The van der Waals surface area contributed by atoms with Crippen LogP contribution in [0.5, 0.6) is 5.75 Å². The molecular formula is C13H15FN2OS. The second-order valence-corrected chi connectivity index (χ2v) is 5.98. The maximum Gasteiger partial charge on any atom is 0.164 e. The molecule has 0 amide bonds. The quantitative estimate of drug-likeness (QED) is 0.821. The van der Waals surface area contributed by atoms with Crippen molar-refractivity contribution < 1.29 is 9.50 Å². The van der Waals surface area contributed by atoms with Gasteiger partial charge in [-0.3, -0.25) is 4.99 Å². The Labute approximate surface area is 109 Å². The SMILES string of the molecule is NC1=NC2(c3ccc(F)c(O)c3)CCCC2CS1. The zero-order valence-corrected chi connectivity index (χ0v) is 10.7. The van der Waals surface area contributed by atoms with Crippen molar-refractivity contribution in [3.05, 3.63) is 29.6 Å². The summed E-state index contributed by atoms with van der Waals surface area (Å²) in [6.45, 7) is 0. The molecule has 0 bridgehead atoms. The molecule has 3 N–H and O–H groups in total. The summed E-state index contributed by atoms with van der Waals surface area (Å²) < 4.78 is 13.2. The molecule has 3 rings (SSSR count). The highest BCUT2D eigenvalue weighted by Gasteiger charge is 2.46. The monoisotopic (exact) mass is 266 g/mol. The van der Waals surface area contributed by atoms with Crippen LogP contribution >= 0.6 is 11.8 Å². The second-order valence-electron chi connectivity index (χ2n) is 4.94. The number of benzene rings is 1. The van der Waals surface area contributed by atoms with E-state index in [2.05, 4.69) is 4.99 Å². The Morgan fingerprint density at radius 3 is 3.11 bits per heavy atom. The molecule has 2 aliphatic rings. The largest absolute Gasteiger partial charge is 0.505 e. The molecule has 2 unspecified atom stereocenters. The summed E-state index contributed by atoms with van der Waals surface area (Å²) in [4.78, 5) is 4.64. The number of fused-ring (bicyclic) bond motifs is 1. The fraction of sp³-hybridized carbons (Fsp3) is 0.462. The molecule has 3 nitrogen and oxygen atoms in total. The molecule has 0 aromatic heterocycles. The lowest BCUT2D eigenvalue weighted by atomic mass is 9.81. The Balaban J connectivity index is 2.11. The van der Waals surface area contributed by atoms with E-state index in [1.165, 1.54) is 12.1 Å². The van der Waals surface area contributed by atoms with Gasteiger partial charge in [0.2, 0.25) is 0 Å². The number of nitrogens with zero attached hydrogens (tertiary/aromatic N) is 1. The number of rotatable bonds is 1. The van der Waals surface area contributed by atoms with Gasteiger partial charge in [-0.15, -0.1) is 0 Å². The van der Waals surface area contributed by atoms with Crippen LogP contribution in [0.3, 0.4) is 0 Å². The van der Waals surface area contributed by atoms with Crippen molar-refractivity contribution in [2.24, 2.45) is 16.6 Å². The third kappa shape index (κ3) is 1.68. The molecule has 1 heterocycles. The van der Waals surface area contributed by atoms with Gasteiger partial charge < -0.3 is 10.8 Å². The van der Waals surface area contributed by atoms with E-state index in [9.17, 15) is 9.50 Å². The van der Waals surface area contributed by atoms with Gasteiger partial charge in [-0.2, -0.15) is 0 Å². The molecule has 1 aromatic rings. The van der Waals surface area contributed by atoms with Gasteiger partial charge in [0.25, 0.3) is 0 Å². The molecular weight excluding hydrogens is 251 g/mol. The highest BCUT2D eigenvalue weighted by molar-refractivity contribution is 8.13. The van der Waals surface area contributed by atoms with Crippen LogP contribution in [0.4, 0.5) is 4.39 Å². The molecule has 0 spiro atoms. The minimum atomic E-state index is -0.591. The molecule has 1 fully saturated rings. The Kier molecular flexibility index (Phi) is 2.73. The van der Waals surface area contributed by atoms with Gasteiger partial charge in [0.05, 0.1) is 5.54 Å². The molecule has 1 aromatic carbocycles. The molecule has 0 saturated heterocycles. The molecule has 1 aliphatic heterocycles. The highest BCUT2D eigenvalue weighted by Crippen LogP contribution is 2.51. The maximum atomic E-state index is 13.2. The van der Waals surface area contributed by atoms with Gasteiger partial charge >= 0.3 is 0 Å². The average Bonchev–Trinajstić information content (AvgIpc) is 2.76. The average molecular weight is 266 g/mol. The van der Waals surface area contributed by atoms with Crippen molar-refractivity contribution in [3.8, 4) is 5.75 Å². The van der Waals surface area contributed by atoms with E-state index in [4.69, 9.17) is 5.73 Å². The number of hydrogen-bond acceptors (Lipinski definition) is 4. The number of thioether (sulfide) groups is 1. The lowest BCUT2D eigenvalue weighted by molar-refractivity contribution is 0.351. The smallest absolute Gasteiger partial charge is 0.164 e. The Bertz CT molecular complexity index is 520. The minimum absolute atomic E-state index is 0.306. The third-order valence-corrected chi connectivity index (χ3v) is 4.93. The van der Waals surface area contributed by atoms with Crippen LogP contribution in [0, 0.1) is 11.7 Å². The van der Waals surface area contributed by atoms with E-state index in [-0.39, 0.29) is 11.3 Å². The first-order chi connectivity index (χ1) is 8.62. The van der Waals surface area contributed by atoms with Gasteiger partial charge in [-0.05, 0) is 36.5 Å². The van der Waals surface area contributed by atoms with Crippen molar-refractivity contribution in [1.82, 2.24) is 0 Å². The summed E-state index contributed by atoms with van der Waals surface area (Å²) in [5.41, 5.74) is 6.39. The van der Waals surface area contributed by atoms with Gasteiger partial charge in [0, 0.05) is 5.75 Å². The molecule has 5 heteroatoms. The van der Waals surface area contributed by atoms with Crippen molar-refractivity contribution in [3.63, 3.8) is 0 Å². The van der Waals surface area contributed by atoms with Gasteiger partial charge in [0.15, 0.2) is 16.7 Å². The standard InChI is InChI=1S/C13H15FN2OS/c14-10-4-3-8(6-11(10)17)13-5-1-2-9(13)7-18-12(15)16-13/h3-4,6,9,17H,1-2,5,7H2,(H2,15,16). The van der Waals surface area contributed by atoms with E-state index in [1.54, 1.807) is 17.8 Å². The van der Waals surface area contributed by atoms with Crippen molar-refractivity contribution in [2.45, 2.75) is 24.8 Å². The number of aliphatic imine (C=N–C) groups is 1. The third-order valence-electron chi connectivity index (χ3n) is 3.97. The first-order valence-electron chi connectivity index (χ1n) is 6.09. The van der Waals surface area contributed by atoms with Crippen LogP contribution in [-0.2, 0) is 5.54 Å². The zero-order valence-electron chi connectivity index (χ0n) is 9.90. The van der Waals surface area contributed by atoms with Crippen LogP contribution in [0.25, 0.3) is 0 Å². The lowest BCUT2D eigenvalue weighted by Crippen LogP contribution is -2.36. The number of phenolic OH excluding ortho intramolecular Hbond substituents is 1. The van der Waals surface area contributed by atoms with Crippen molar-refractivity contribution in [2.75, 3.05) is 5.75 Å². The van der Waals surface area contributed by atoms with Gasteiger partial charge in [-0.25, -0.2) is 4.39 Å². The summed E-state index contributed by atoms with van der Waals surface area (Å²) in [7, 11) is 0. The lowest BCUT2D eigenvalue weighted by Gasteiger charge is -2.35. The summed E-state index contributed by atoms with van der Waals surface area (Å²) >= 11 is 1.59. The van der Waals surface area contributed by atoms with Gasteiger partial charge in [-0.1, -0.05) is 24.2 Å². The molecule has 0 radical (unpaired) electrons. The number of hydrogen-bond donors (Lipinski definition) is 2. The van der Waals surface area contributed by atoms with E-state index in [0.29, 0.717) is 11.1 Å². The van der Waals surface area contributed by atoms with Crippen molar-refractivity contribution in [1.29, 1.82) is 0 Å². The Morgan fingerprint density at radius 1 is 1.50 bits per heavy atom. The van der Waals surface area contributed by atoms with Crippen LogP contribution in [-0.4, -0.2) is 16.0 Å². The second kappa shape index (κ2) is 4.16. The molecule has 1 aliphatic carbocycles. The number of phenols is 1. The summed E-state index contributed by atoms with van der Waals surface area (Å²) in [5, 5.41) is 10.1. The predicted molar refractivity (Wildman–Crippen MR) is 71.2 cm³/mol. The van der Waals surface area contributed by atoms with Crippen LogP contribution < -0.4 is 5.73 Å². The summed E-state index contributed by atoms with van der Waals surface area (Å²) in [6.07, 6.45) is 3.13. The van der Waals surface area contributed by atoms with E-state index in [1.807, 2.05) is 0 Å². The molecule has 96 valence electrons. The van der Waals surface area contributed by atoms with E-state index >= 15 is 0 Å². The predicted octanol–water partition coefficient (Wildman–Crippen LogP) is 2.59. The van der Waals surface area contributed by atoms with Crippen LogP contribution in [0.2, 0.25) is 0 Å². The number of aromatic hydroxyl groups is 1. The first kappa shape index (κ1) is 11.8. The van der Waals surface area contributed by atoms with Crippen LogP contribution in [0.15, 0.2) is 23.2 Å². The summed E-state index contributed by atoms with van der Waals surface area (Å²) in [5.74, 6) is 0.485. The molecule has 2 atom stereocenters. The summed E-state index contributed by atoms with van der Waals surface area (Å²) in [6, 6.07) is 4.53. The number of amidine groups is 1. The normalized spacial score (nSPS) is 30.9. The highest BCUT2D eigenvalue weighted by atomic mass is 32.2. The minimum Gasteiger partial charge on any atom is -0.505 e. The number of nitrogens with two attached hydrogens (primary N) is 1. The van der Waals surface area contributed by atoms with E-state index < -0.39 is 5.82 Å². The Morgan fingerprint density at radius 2 is 2.33 bits per heavy atom. The topological polar surface area (TPSA) is 58.6 Å². The van der Waals surface area contributed by atoms with Crippen molar-refractivity contribution >= 4 is 16.9 Å². The van der Waals surface area contributed by atoms with Gasteiger partial charge in [0.1, 0.15) is 0 Å². The number of halogens is 1. The fourth-order valence-electron chi connectivity index (χ4n) is 3.07. The zero-order chi connectivity index (χ0) is 12.8. The molecule has 1 saturated carbocycles. The van der Waals surface area contributed by atoms with E-state index in [0.717, 1.165) is 30.6 Å². The fourth-order valence-corrected chi connectivity index (χ4v) is 4.11. The van der Waals surface area contributed by atoms with Crippen LogP contribution in [0.1, 0.15) is 24.8 Å². The first-order valence-corrected chi connectivity index (χ1v) is 7.07. The maximum absolute atomic E-state index is 13.2. The molecule has 18 heavy (non-hydrogen) atoms.